The Labute approximate surface area is 170 Å². The SMILES string of the molecule is Cc1ccccc1-n1c(/C=C/c2cc(Br)ccc2O)nc2ccccc2c1=O. The first-order chi connectivity index (χ1) is 13.5. The Morgan fingerprint density at radius 1 is 1.00 bits per heavy atom. The van der Waals surface area contributed by atoms with Crippen molar-refractivity contribution in [1.29, 1.82) is 0 Å². The average Bonchev–Trinajstić information content (AvgIpc) is 2.70. The molecule has 0 saturated carbocycles. The van der Waals surface area contributed by atoms with Crippen LogP contribution in [0.15, 0.2) is 76.0 Å². The number of aromatic hydroxyl groups is 1. The maximum Gasteiger partial charge on any atom is 0.266 e. The van der Waals surface area contributed by atoms with Crippen molar-refractivity contribution in [3.8, 4) is 11.4 Å². The lowest BCUT2D eigenvalue weighted by molar-refractivity contribution is 0.474. The Morgan fingerprint density at radius 2 is 1.75 bits per heavy atom. The van der Waals surface area contributed by atoms with E-state index in [1.54, 1.807) is 34.9 Å². The molecule has 0 aliphatic carbocycles. The fraction of sp³-hybridized carbons (Fsp3) is 0.0435. The first-order valence-corrected chi connectivity index (χ1v) is 9.58. The molecular formula is C23H17BrN2O2. The number of nitrogens with zero attached hydrogens (tertiary/aromatic N) is 2. The molecule has 0 unspecified atom stereocenters. The van der Waals surface area contributed by atoms with E-state index >= 15 is 0 Å². The van der Waals surface area contributed by atoms with Gasteiger partial charge in [-0.1, -0.05) is 46.3 Å². The third-order valence-corrected chi connectivity index (χ3v) is 5.05. The summed E-state index contributed by atoms with van der Waals surface area (Å²) < 4.78 is 2.47. The van der Waals surface area contributed by atoms with E-state index in [9.17, 15) is 9.90 Å². The van der Waals surface area contributed by atoms with Gasteiger partial charge in [0.25, 0.3) is 5.56 Å². The van der Waals surface area contributed by atoms with Gasteiger partial charge in [0.2, 0.25) is 0 Å². The van der Waals surface area contributed by atoms with Gasteiger partial charge >= 0.3 is 0 Å². The van der Waals surface area contributed by atoms with Gasteiger partial charge in [-0.15, -0.1) is 0 Å². The number of halogens is 1. The minimum absolute atomic E-state index is 0.127. The molecule has 4 rings (SSSR count). The molecule has 0 atom stereocenters. The Morgan fingerprint density at radius 3 is 2.57 bits per heavy atom. The van der Waals surface area contributed by atoms with Gasteiger partial charge in [-0.3, -0.25) is 9.36 Å². The maximum atomic E-state index is 13.3. The summed E-state index contributed by atoms with van der Waals surface area (Å²) >= 11 is 3.41. The first-order valence-electron chi connectivity index (χ1n) is 8.79. The van der Waals surface area contributed by atoms with Gasteiger partial charge < -0.3 is 5.11 Å². The third-order valence-electron chi connectivity index (χ3n) is 4.56. The number of fused-ring (bicyclic) bond motifs is 1. The van der Waals surface area contributed by atoms with Crippen LogP contribution in [0.1, 0.15) is 17.0 Å². The van der Waals surface area contributed by atoms with E-state index in [1.807, 2.05) is 55.5 Å². The number of rotatable bonds is 3. The number of hydrogen-bond donors (Lipinski definition) is 1. The highest BCUT2D eigenvalue weighted by atomic mass is 79.9. The summed E-state index contributed by atoms with van der Waals surface area (Å²) in [4.78, 5) is 18.0. The molecule has 0 amide bonds. The quantitative estimate of drug-likeness (QED) is 0.475. The van der Waals surface area contributed by atoms with Gasteiger partial charge in [-0.05, 0) is 61.0 Å². The monoisotopic (exact) mass is 432 g/mol. The van der Waals surface area contributed by atoms with Crippen LogP contribution in [0.25, 0.3) is 28.7 Å². The predicted octanol–water partition coefficient (Wildman–Crippen LogP) is 5.33. The van der Waals surface area contributed by atoms with Crippen molar-refractivity contribution in [3.05, 3.63) is 98.5 Å². The molecule has 3 aromatic carbocycles. The molecule has 0 spiro atoms. The second-order valence-corrected chi connectivity index (χ2v) is 7.37. The highest BCUT2D eigenvalue weighted by Crippen LogP contribution is 2.24. The number of phenolic OH excluding ortho intramolecular Hbond substituents is 1. The van der Waals surface area contributed by atoms with E-state index in [0.717, 1.165) is 15.7 Å². The second-order valence-electron chi connectivity index (χ2n) is 6.45. The van der Waals surface area contributed by atoms with Crippen LogP contribution >= 0.6 is 15.9 Å². The highest BCUT2D eigenvalue weighted by Gasteiger charge is 2.12. The van der Waals surface area contributed by atoms with Gasteiger partial charge in [0.05, 0.1) is 16.6 Å². The topological polar surface area (TPSA) is 55.1 Å². The normalized spacial score (nSPS) is 11.4. The third kappa shape index (κ3) is 3.37. The van der Waals surface area contributed by atoms with E-state index in [0.29, 0.717) is 22.3 Å². The lowest BCUT2D eigenvalue weighted by atomic mass is 10.1. The molecule has 1 N–H and O–H groups in total. The number of benzene rings is 3. The van der Waals surface area contributed by atoms with Crippen molar-refractivity contribution in [2.75, 3.05) is 0 Å². The molecule has 0 bridgehead atoms. The number of para-hydroxylation sites is 2. The highest BCUT2D eigenvalue weighted by molar-refractivity contribution is 9.10. The summed E-state index contributed by atoms with van der Waals surface area (Å²) in [7, 11) is 0. The van der Waals surface area contributed by atoms with Gasteiger partial charge in [0.15, 0.2) is 0 Å². The number of phenols is 1. The summed E-state index contributed by atoms with van der Waals surface area (Å²) in [5, 5.41) is 10.7. The Balaban J connectivity index is 1.98. The molecule has 5 heteroatoms. The summed E-state index contributed by atoms with van der Waals surface area (Å²) in [6.07, 6.45) is 3.51. The molecule has 0 radical (unpaired) electrons. The van der Waals surface area contributed by atoms with Crippen molar-refractivity contribution in [1.82, 2.24) is 9.55 Å². The number of hydrogen-bond acceptors (Lipinski definition) is 3. The van der Waals surface area contributed by atoms with Crippen LogP contribution in [0.5, 0.6) is 5.75 Å². The molecule has 1 aromatic heterocycles. The molecule has 0 fully saturated rings. The summed E-state index contributed by atoms with van der Waals surface area (Å²) in [5.41, 5.74) is 2.90. The lowest BCUT2D eigenvalue weighted by Crippen LogP contribution is -2.23. The molecular weight excluding hydrogens is 416 g/mol. The summed E-state index contributed by atoms with van der Waals surface area (Å²) in [5.74, 6) is 0.655. The van der Waals surface area contributed by atoms with Crippen molar-refractivity contribution < 1.29 is 5.11 Å². The van der Waals surface area contributed by atoms with Crippen molar-refractivity contribution in [3.63, 3.8) is 0 Å². The molecule has 0 saturated heterocycles. The largest absolute Gasteiger partial charge is 0.507 e. The number of aryl methyl sites for hydroxylation is 1. The van der Waals surface area contributed by atoms with E-state index in [2.05, 4.69) is 15.9 Å². The zero-order valence-corrected chi connectivity index (χ0v) is 16.7. The van der Waals surface area contributed by atoms with E-state index in [1.165, 1.54) is 0 Å². The predicted molar refractivity (Wildman–Crippen MR) is 117 cm³/mol. The summed E-state index contributed by atoms with van der Waals surface area (Å²) in [6.45, 7) is 1.96. The average molecular weight is 433 g/mol. The minimum atomic E-state index is -0.127. The zero-order valence-electron chi connectivity index (χ0n) is 15.1. The fourth-order valence-electron chi connectivity index (χ4n) is 3.13. The second kappa shape index (κ2) is 7.44. The standard InChI is InChI=1S/C23H17BrN2O2/c1-15-6-2-5-9-20(15)26-22(13-10-16-14-17(24)11-12-21(16)27)25-19-8-4-3-7-18(19)23(26)28/h2-14,27H,1H3/b13-10+. The van der Waals surface area contributed by atoms with Crippen LogP contribution in [0, 0.1) is 6.92 Å². The summed E-state index contributed by atoms with van der Waals surface area (Å²) in [6, 6.07) is 20.2. The lowest BCUT2D eigenvalue weighted by Gasteiger charge is -2.13. The van der Waals surface area contributed by atoms with Gasteiger partial charge in [-0.25, -0.2) is 4.98 Å². The van der Waals surface area contributed by atoms with Crippen LogP contribution in [0.4, 0.5) is 0 Å². The van der Waals surface area contributed by atoms with E-state index in [4.69, 9.17) is 4.98 Å². The van der Waals surface area contributed by atoms with Crippen molar-refractivity contribution >= 4 is 39.0 Å². The van der Waals surface area contributed by atoms with Crippen molar-refractivity contribution in [2.24, 2.45) is 0 Å². The zero-order chi connectivity index (χ0) is 19.7. The number of aromatic nitrogens is 2. The molecule has 4 nitrogen and oxygen atoms in total. The molecule has 0 aliphatic heterocycles. The first kappa shape index (κ1) is 18.2. The Bertz CT molecular complexity index is 1280. The Hall–Kier alpha value is -3.18. The van der Waals surface area contributed by atoms with Gasteiger partial charge in [0.1, 0.15) is 11.6 Å². The molecule has 0 aliphatic rings. The van der Waals surface area contributed by atoms with Crippen LogP contribution in [-0.4, -0.2) is 14.7 Å². The molecule has 4 aromatic rings. The van der Waals surface area contributed by atoms with Crippen LogP contribution in [0.2, 0.25) is 0 Å². The van der Waals surface area contributed by atoms with Crippen LogP contribution < -0.4 is 5.56 Å². The van der Waals surface area contributed by atoms with Crippen LogP contribution in [-0.2, 0) is 0 Å². The van der Waals surface area contributed by atoms with E-state index in [-0.39, 0.29) is 11.3 Å². The Kier molecular flexibility index (Phi) is 4.84. The van der Waals surface area contributed by atoms with Crippen LogP contribution in [0.3, 0.4) is 0 Å². The smallest absolute Gasteiger partial charge is 0.266 e. The maximum absolute atomic E-state index is 13.3. The van der Waals surface area contributed by atoms with Crippen molar-refractivity contribution in [2.45, 2.75) is 6.92 Å². The van der Waals surface area contributed by atoms with Gasteiger partial charge in [-0.2, -0.15) is 0 Å². The van der Waals surface area contributed by atoms with E-state index < -0.39 is 0 Å². The minimum Gasteiger partial charge on any atom is -0.507 e. The molecule has 138 valence electrons. The molecule has 1 heterocycles. The van der Waals surface area contributed by atoms with Gasteiger partial charge in [0, 0.05) is 10.0 Å². The fourth-order valence-corrected chi connectivity index (χ4v) is 3.51. The molecule has 28 heavy (non-hydrogen) atoms.